The lowest BCUT2D eigenvalue weighted by Gasteiger charge is -2.39. The molecule has 1 N–H and O–H groups in total. The molecule has 2 aromatic carbocycles. The molecule has 1 aromatic heterocycles. The highest BCUT2D eigenvalue weighted by atomic mass is 35.5. The Morgan fingerprint density at radius 2 is 1.95 bits per heavy atom. The van der Waals surface area contributed by atoms with Gasteiger partial charge in [0.15, 0.2) is 4.90 Å². The van der Waals surface area contributed by atoms with E-state index in [1.807, 2.05) is 6.07 Å². The molecule has 9 nitrogen and oxygen atoms in total. The van der Waals surface area contributed by atoms with Crippen molar-refractivity contribution in [3.05, 3.63) is 83.0 Å². The number of nitrogens with zero attached hydrogens (tertiary/aromatic N) is 4. The fourth-order valence-electron chi connectivity index (χ4n) is 5.34. The minimum absolute atomic E-state index is 0.00182. The van der Waals surface area contributed by atoms with Gasteiger partial charge in [-0.25, -0.2) is 13.8 Å². The maximum absolute atomic E-state index is 14.6. The summed E-state index contributed by atoms with van der Waals surface area (Å²) < 4.78 is 39.8. The van der Waals surface area contributed by atoms with E-state index in [0.717, 1.165) is 0 Å². The van der Waals surface area contributed by atoms with Gasteiger partial charge in [0.2, 0.25) is 11.8 Å². The average Bonchev–Trinajstić information content (AvgIpc) is 3.36. The molecule has 1 saturated heterocycles. The molecule has 3 amide bonds. The third-order valence-electron chi connectivity index (χ3n) is 7.43. The van der Waals surface area contributed by atoms with Gasteiger partial charge in [0, 0.05) is 53.8 Å². The average molecular weight is 626 g/mol. The Morgan fingerprint density at radius 3 is 2.63 bits per heavy atom. The zero-order chi connectivity index (χ0) is 30.9. The van der Waals surface area contributed by atoms with Crippen LogP contribution in [0.1, 0.15) is 42.9 Å². The van der Waals surface area contributed by atoms with Crippen molar-refractivity contribution in [2.75, 3.05) is 16.1 Å². The summed E-state index contributed by atoms with van der Waals surface area (Å²) in [6.45, 7) is 0. The summed E-state index contributed by atoms with van der Waals surface area (Å²) in [7, 11) is 0. The number of alkyl halides is 2. The Labute approximate surface area is 254 Å². The zero-order valence-electron chi connectivity index (χ0n) is 22.9. The number of pyridine rings is 1. The van der Waals surface area contributed by atoms with Crippen LogP contribution in [-0.2, 0) is 25.6 Å². The van der Waals surface area contributed by atoms with Gasteiger partial charge in [-0.1, -0.05) is 35.9 Å². The molecule has 13 heteroatoms. The highest BCUT2D eigenvalue weighted by molar-refractivity contribution is 7.90. The highest BCUT2D eigenvalue weighted by Crippen LogP contribution is 2.40. The van der Waals surface area contributed by atoms with E-state index in [1.165, 1.54) is 46.5 Å². The van der Waals surface area contributed by atoms with Gasteiger partial charge in [0.25, 0.3) is 11.8 Å². The van der Waals surface area contributed by atoms with Crippen LogP contribution in [0.5, 0.6) is 0 Å². The predicted molar refractivity (Wildman–Crippen MR) is 156 cm³/mol. The minimum Gasteiger partial charge on any atom is -0.612 e. The fraction of sp³-hybridized carbons (Fsp3) is 0.300. The van der Waals surface area contributed by atoms with Crippen molar-refractivity contribution in [2.45, 2.75) is 54.6 Å². The lowest BCUT2D eigenvalue weighted by molar-refractivity contribution is -0.133. The topological polar surface area (TPSA) is 129 Å². The maximum Gasteiger partial charge on any atom is 0.252 e. The van der Waals surface area contributed by atoms with E-state index in [2.05, 4.69) is 10.3 Å². The molecule has 3 atom stereocenters. The van der Waals surface area contributed by atoms with Crippen LogP contribution in [0.25, 0.3) is 0 Å². The second kappa shape index (κ2) is 12.3. The van der Waals surface area contributed by atoms with Gasteiger partial charge in [-0.05, 0) is 47.9 Å². The highest BCUT2D eigenvalue weighted by Gasteiger charge is 2.48. The predicted octanol–water partition coefficient (Wildman–Crippen LogP) is 4.53. The van der Waals surface area contributed by atoms with Crippen molar-refractivity contribution in [2.24, 2.45) is 0 Å². The normalized spacial score (nSPS) is 19.2. The van der Waals surface area contributed by atoms with Crippen molar-refractivity contribution >= 4 is 52.0 Å². The van der Waals surface area contributed by atoms with E-state index >= 15 is 0 Å². The van der Waals surface area contributed by atoms with Gasteiger partial charge in [0.1, 0.15) is 24.2 Å². The SMILES string of the molecule is C[S+]([O-])c1cccc(N(C(=O)[C@@H]2CCC(=O)N2c2cc(C#N)ccn2)C(C(=O)NC2CC(F)(F)C2)c2ccccc2Cl)c1. The second-order valence-electron chi connectivity index (χ2n) is 10.4. The molecule has 2 fully saturated rings. The van der Waals surface area contributed by atoms with E-state index in [9.17, 15) is 33.0 Å². The van der Waals surface area contributed by atoms with E-state index in [-0.39, 0.29) is 40.5 Å². The van der Waals surface area contributed by atoms with Crippen molar-refractivity contribution in [1.29, 1.82) is 5.26 Å². The summed E-state index contributed by atoms with van der Waals surface area (Å²) in [6.07, 6.45) is 1.81. The molecular weight excluding hydrogens is 600 g/mol. The number of halogens is 3. The van der Waals surface area contributed by atoms with Crippen LogP contribution < -0.4 is 15.1 Å². The minimum atomic E-state index is -2.90. The van der Waals surface area contributed by atoms with Crippen LogP contribution in [-0.4, -0.2) is 51.5 Å². The molecule has 0 bridgehead atoms. The summed E-state index contributed by atoms with van der Waals surface area (Å²) >= 11 is 5.11. The monoisotopic (exact) mass is 625 g/mol. The number of nitrogens with one attached hydrogen (secondary N) is 1. The van der Waals surface area contributed by atoms with E-state index in [4.69, 9.17) is 11.6 Å². The third-order valence-corrected chi connectivity index (χ3v) is 8.69. The first kappa shape index (κ1) is 30.4. The molecule has 2 aliphatic rings. The first-order valence-corrected chi connectivity index (χ1v) is 15.3. The summed E-state index contributed by atoms with van der Waals surface area (Å²) in [5, 5.41) is 12.2. The maximum atomic E-state index is 14.6. The quantitative estimate of drug-likeness (QED) is 0.366. The largest absolute Gasteiger partial charge is 0.612 e. The van der Waals surface area contributed by atoms with Crippen LogP contribution in [0.15, 0.2) is 71.8 Å². The molecule has 1 aliphatic carbocycles. The molecule has 1 saturated carbocycles. The van der Waals surface area contributed by atoms with Crippen molar-refractivity contribution in [3.8, 4) is 6.07 Å². The number of anilines is 2. The van der Waals surface area contributed by atoms with Crippen LogP contribution >= 0.6 is 11.6 Å². The molecule has 0 spiro atoms. The number of carbonyl (C=O) groups excluding carboxylic acids is 3. The van der Waals surface area contributed by atoms with Gasteiger partial charge in [-0.2, -0.15) is 5.26 Å². The van der Waals surface area contributed by atoms with Gasteiger partial charge in [-0.15, -0.1) is 0 Å². The van der Waals surface area contributed by atoms with E-state index in [0.29, 0.717) is 4.90 Å². The van der Waals surface area contributed by atoms with Crippen LogP contribution in [0.2, 0.25) is 5.02 Å². The molecule has 3 aromatic rings. The Balaban J connectivity index is 1.63. The number of benzene rings is 2. The Bertz CT molecular complexity index is 1610. The van der Waals surface area contributed by atoms with Gasteiger partial charge >= 0.3 is 0 Å². The zero-order valence-corrected chi connectivity index (χ0v) is 24.4. The van der Waals surface area contributed by atoms with Gasteiger partial charge in [0.05, 0.1) is 11.6 Å². The number of hydrogen-bond donors (Lipinski definition) is 1. The molecule has 2 heterocycles. The first-order valence-electron chi connectivity index (χ1n) is 13.4. The number of rotatable bonds is 8. The number of amides is 3. The summed E-state index contributed by atoms with van der Waals surface area (Å²) in [6, 6.07) is 14.1. The molecule has 222 valence electrons. The third kappa shape index (κ3) is 6.34. The van der Waals surface area contributed by atoms with Crippen molar-refractivity contribution in [1.82, 2.24) is 10.3 Å². The number of hydrogen-bond acceptors (Lipinski definition) is 6. The summed E-state index contributed by atoms with van der Waals surface area (Å²) in [5.74, 6) is -4.63. The van der Waals surface area contributed by atoms with E-state index in [1.54, 1.807) is 36.4 Å². The summed E-state index contributed by atoms with van der Waals surface area (Å²) in [4.78, 5) is 48.7. The molecule has 0 radical (unpaired) electrons. The number of aromatic nitrogens is 1. The Hall–Kier alpha value is -4.05. The second-order valence-corrected chi connectivity index (χ2v) is 12.2. The number of carbonyl (C=O) groups is 3. The van der Waals surface area contributed by atoms with Gasteiger partial charge in [-0.3, -0.25) is 24.2 Å². The molecule has 5 rings (SSSR count). The Morgan fingerprint density at radius 1 is 1.21 bits per heavy atom. The van der Waals surface area contributed by atoms with E-state index < -0.39 is 65.8 Å². The van der Waals surface area contributed by atoms with Crippen molar-refractivity contribution < 1.29 is 27.7 Å². The standard InChI is InChI=1S/C30H26ClF2N5O4S/c1-43(42)21-6-4-5-20(14-21)37(29(41)24-9-10-26(39)38(24)25-13-18(17-34)11-12-35-25)27(22-7-2-3-8-23(22)31)28(40)36-19-15-30(32,33)16-19/h2-8,11-14,19,24,27H,9-10,15-16H2,1H3,(H,36,40)/t24-,27?,43?/m0/s1. The first-order chi connectivity index (χ1) is 20.5. The van der Waals surface area contributed by atoms with Gasteiger partial charge < -0.3 is 9.87 Å². The lowest BCUT2D eigenvalue weighted by atomic mass is 9.87. The summed E-state index contributed by atoms with van der Waals surface area (Å²) in [5.41, 5.74) is 0.649. The fourth-order valence-corrected chi connectivity index (χ4v) is 6.13. The van der Waals surface area contributed by atoms with Crippen LogP contribution in [0.3, 0.4) is 0 Å². The number of nitriles is 1. The molecular formula is C30H26ClF2N5O4S. The van der Waals surface area contributed by atoms with Crippen LogP contribution in [0, 0.1) is 11.3 Å². The molecule has 1 aliphatic heterocycles. The Kier molecular flexibility index (Phi) is 8.69. The van der Waals surface area contributed by atoms with Crippen LogP contribution in [0.4, 0.5) is 20.3 Å². The molecule has 2 unspecified atom stereocenters. The van der Waals surface area contributed by atoms with Crippen molar-refractivity contribution in [3.63, 3.8) is 0 Å². The smallest absolute Gasteiger partial charge is 0.252 e. The molecule has 43 heavy (non-hydrogen) atoms. The lowest BCUT2D eigenvalue weighted by Crippen LogP contribution is -2.56.